The number of para-hydroxylation sites is 1. The van der Waals surface area contributed by atoms with Gasteiger partial charge in [-0.1, -0.05) is 62.4 Å². The van der Waals surface area contributed by atoms with E-state index in [0.717, 1.165) is 60.2 Å². The summed E-state index contributed by atoms with van der Waals surface area (Å²) in [7, 11) is 0. The van der Waals surface area contributed by atoms with Gasteiger partial charge in [0, 0.05) is 48.7 Å². The van der Waals surface area contributed by atoms with Crippen LogP contribution in [-0.4, -0.2) is 47.1 Å². The molecule has 2 amide bonds. The number of benzene rings is 2. The number of nitrogens with one attached hydrogen (secondary N) is 1. The van der Waals surface area contributed by atoms with Crippen LogP contribution in [0.5, 0.6) is 0 Å². The highest BCUT2D eigenvalue weighted by atomic mass is 16.2. The van der Waals surface area contributed by atoms with Crippen molar-refractivity contribution < 1.29 is 4.79 Å². The number of carbonyl (C=O) groups is 1. The number of carbonyl (C=O) groups excluding carboxylic acids is 1. The summed E-state index contributed by atoms with van der Waals surface area (Å²) in [4.78, 5) is 27.1. The van der Waals surface area contributed by atoms with Crippen molar-refractivity contribution in [2.45, 2.75) is 40.0 Å². The van der Waals surface area contributed by atoms with Gasteiger partial charge in [-0.25, -0.2) is 14.8 Å². The second kappa shape index (κ2) is 10.0. The Hall–Kier alpha value is -3.41. The average Bonchev–Trinajstić information content (AvgIpc) is 3.07. The number of hydrogen-bond donors (Lipinski definition) is 1. The van der Waals surface area contributed by atoms with E-state index in [1.54, 1.807) is 0 Å². The average molecular weight is 444 g/mol. The summed E-state index contributed by atoms with van der Waals surface area (Å²) >= 11 is 0. The van der Waals surface area contributed by atoms with Gasteiger partial charge < -0.3 is 15.1 Å². The molecule has 4 rings (SSSR count). The van der Waals surface area contributed by atoms with Gasteiger partial charge in [0.25, 0.3) is 0 Å². The minimum Gasteiger partial charge on any atom is -0.354 e. The molecule has 0 atom stereocenters. The maximum Gasteiger partial charge on any atom is 0.321 e. The molecular formula is C27H33N5O. The van der Waals surface area contributed by atoms with Gasteiger partial charge >= 0.3 is 6.03 Å². The Morgan fingerprint density at radius 3 is 2.36 bits per heavy atom. The lowest BCUT2D eigenvalue weighted by atomic mass is 10.0. The number of nitrogens with zero attached hydrogens (tertiary/aromatic N) is 4. The van der Waals surface area contributed by atoms with Crippen LogP contribution in [0.1, 0.15) is 43.0 Å². The van der Waals surface area contributed by atoms with Crippen LogP contribution >= 0.6 is 0 Å². The van der Waals surface area contributed by atoms with Crippen LogP contribution in [0.15, 0.2) is 54.6 Å². The van der Waals surface area contributed by atoms with E-state index in [0.29, 0.717) is 12.5 Å². The zero-order chi connectivity index (χ0) is 23.4. The first-order valence-electron chi connectivity index (χ1n) is 11.7. The summed E-state index contributed by atoms with van der Waals surface area (Å²) in [6.45, 7) is 11.4. The third-order valence-electron chi connectivity index (χ3n) is 6.19. The van der Waals surface area contributed by atoms with Gasteiger partial charge in [0.1, 0.15) is 5.82 Å². The molecule has 172 valence electrons. The predicted molar refractivity (Wildman–Crippen MR) is 135 cm³/mol. The Balaban J connectivity index is 1.56. The minimum absolute atomic E-state index is 0.0425. The predicted octanol–water partition coefficient (Wildman–Crippen LogP) is 5.63. The maximum atomic E-state index is 13.0. The number of hydrogen-bond acceptors (Lipinski definition) is 4. The second-order valence-corrected chi connectivity index (χ2v) is 8.96. The molecule has 0 spiro atoms. The molecule has 1 saturated heterocycles. The highest BCUT2D eigenvalue weighted by Gasteiger charge is 2.24. The zero-order valence-electron chi connectivity index (χ0n) is 20.0. The van der Waals surface area contributed by atoms with Gasteiger partial charge in [0.05, 0.1) is 0 Å². The molecule has 0 aliphatic carbocycles. The summed E-state index contributed by atoms with van der Waals surface area (Å²) in [6, 6.07) is 18.0. The molecule has 1 aromatic heterocycles. The number of aryl methyl sites for hydroxylation is 2. The first kappa shape index (κ1) is 22.8. The number of rotatable bonds is 4. The van der Waals surface area contributed by atoms with Gasteiger partial charge in [0.15, 0.2) is 5.82 Å². The molecule has 1 aliphatic rings. The fraction of sp³-hybridized carbons (Fsp3) is 0.370. The van der Waals surface area contributed by atoms with Gasteiger partial charge in [0.2, 0.25) is 0 Å². The van der Waals surface area contributed by atoms with Crippen LogP contribution in [0.25, 0.3) is 11.4 Å². The van der Waals surface area contributed by atoms with E-state index >= 15 is 0 Å². The number of anilines is 2. The largest absolute Gasteiger partial charge is 0.354 e. The second-order valence-electron chi connectivity index (χ2n) is 8.96. The summed E-state index contributed by atoms with van der Waals surface area (Å²) in [5, 5.41) is 3.07. The zero-order valence-corrected chi connectivity index (χ0v) is 20.0. The topological polar surface area (TPSA) is 61.4 Å². The summed E-state index contributed by atoms with van der Waals surface area (Å²) in [5.41, 5.74) is 5.16. The third kappa shape index (κ3) is 5.16. The Morgan fingerprint density at radius 2 is 1.64 bits per heavy atom. The molecule has 0 saturated carbocycles. The van der Waals surface area contributed by atoms with Crippen molar-refractivity contribution in [3.8, 4) is 11.4 Å². The molecular weight excluding hydrogens is 410 g/mol. The van der Waals surface area contributed by atoms with Crippen molar-refractivity contribution in [3.63, 3.8) is 0 Å². The van der Waals surface area contributed by atoms with Crippen molar-refractivity contribution >= 4 is 17.5 Å². The molecule has 33 heavy (non-hydrogen) atoms. The van der Waals surface area contributed by atoms with Crippen LogP contribution < -0.4 is 10.2 Å². The van der Waals surface area contributed by atoms with Gasteiger partial charge in [-0.05, 0) is 37.8 Å². The molecule has 3 aromatic rings. The van der Waals surface area contributed by atoms with E-state index in [1.807, 2.05) is 66.4 Å². The molecule has 0 radical (unpaired) electrons. The number of amides is 2. The molecule has 0 unspecified atom stereocenters. The van der Waals surface area contributed by atoms with Crippen LogP contribution in [0.3, 0.4) is 0 Å². The number of urea groups is 1. The normalized spacial score (nSPS) is 14.3. The standard InChI is InChI=1S/C27H33N5O/c1-19(2)24-21(4)28-25(22-12-6-5-7-13-22)30-26(24)31-15-10-16-32(18-17-31)27(33)29-23-14-9-8-11-20(23)3/h5-9,11-14,19H,10,15-18H2,1-4H3,(H,29,33). The monoisotopic (exact) mass is 443 g/mol. The van der Waals surface area contributed by atoms with Crippen LogP contribution in [0.4, 0.5) is 16.3 Å². The van der Waals surface area contributed by atoms with E-state index in [9.17, 15) is 4.79 Å². The fourth-order valence-electron chi connectivity index (χ4n) is 4.44. The van der Waals surface area contributed by atoms with E-state index in [4.69, 9.17) is 9.97 Å². The molecule has 2 aromatic carbocycles. The quantitative estimate of drug-likeness (QED) is 0.568. The number of aromatic nitrogens is 2. The molecule has 0 bridgehead atoms. The van der Waals surface area contributed by atoms with Crippen molar-refractivity contribution in [1.82, 2.24) is 14.9 Å². The maximum absolute atomic E-state index is 13.0. The Bertz CT molecular complexity index is 1110. The Morgan fingerprint density at radius 1 is 0.909 bits per heavy atom. The molecule has 2 heterocycles. The van der Waals surface area contributed by atoms with Crippen molar-refractivity contribution in [1.29, 1.82) is 0 Å². The van der Waals surface area contributed by atoms with Gasteiger partial charge in [-0.15, -0.1) is 0 Å². The lowest BCUT2D eigenvalue weighted by Gasteiger charge is -2.27. The first-order chi connectivity index (χ1) is 15.9. The van der Waals surface area contributed by atoms with Crippen LogP contribution in [-0.2, 0) is 0 Å². The van der Waals surface area contributed by atoms with E-state index < -0.39 is 0 Å². The van der Waals surface area contributed by atoms with Crippen LogP contribution in [0.2, 0.25) is 0 Å². The summed E-state index contributed by atoms with van der Waals surface area (Å²) in [6.07, 6.45) is 0.891. The highest BCUT2D eigenvalue weighted by molar-refractivity contribution is 5.90. The van der Waals surface area contributed by atoms with E-state index in [-0.39, 0.29) is 6.03 Å². The van der Waals surface area contributed by atoms with Gasteiger partial charge in [-0.2, -0.15) is 0 Å². The molecule has 6 nitrogen and oxygen atoms in total. The molecule has 6 heteroatoms. The Kier molecular flexibility index (Phi) is 6.92. The van der Waals surface area contributed by atoms with Crippen molar-refractivity contribution in [2.75, 3.05) is 36.4 Å². The summed E-state index contributed by atoms with van der Waals surface area (Å²) < 4.78 is 0. The highest BCUT2D eigenvalue weighted by Crippen LogP contribution is 2.31. The summed E-state index contributed by atoms with van der Waals surface area (Å²) in [5.74, 6) is 2.07. The Labute approximate surface area is 196 Å². The van der Waals surface area contributed by atoms with E-state index in [2.05, 4.69) is 31.0 Å². The smallest absolute Gasteiger partial charge is 0.321 e. The first-order valence-corrected chi connectivity index (χ1v) is 11.7. The lowest BCUT2D eigenvalue weighted by molar-refractivity contribution is 0.215. The lowest BCUT2D eigenvalue weighted by Crippen LogP contribution is -2.38. The molecule has 1 aliphatic heterocycles. The fourth-order valence-corrected chi connectivity index (χ4v) is 4.44. The van der Waals surface area contributed by atoms with Crippen LogP contribution in [0, 0.1) is 13.8 Å². The minimum atomic E-state index is -0.0425. The van der Waals surface area contributed by atoms with Crippen molar-refractivity contribution in [3.05, 3.63) is 71.4 Å². The van der Waals surface area contributed by atoms with Gasteiger partial charge in [-0.3, -0.25) is 0 Å². The third-order valence-corrected chi connectivity index (χ3v) is 6.19. The molecule has 1 fully saturated rings. The van der Waals surface area contributed by atoms with E-state index in [1.165, 1.54) is 5.56 Å². The van der Waals surface area contributed by atoms with Crippen molar-refractivity contribution in [2.24, 2.45) is 0 Å². The SMILES string of the molecule is Cc1ccccc1NC(=O)N1CCCN(c2nc(-c3ccccc3)nc(C)c2C(C)C)CC1. The molecule has 1 N–H and O–H groups in total.